The van der Waals surface area contributed by atoms with Gasteiger partial charge in [-0.05, 0) is 52.9 Å². The fraction of sp³-hybridized carbons (Fsp3) is 0.860. The van der Waals surface area contributed by atoms with E-state index < -0.39 is 110 Å². The number of aliphatic hydroxyl groups excluding tert-OH is 3. The summed E-state index contributed by atoms with van der Waals surface area (Å²) in [5, 5.41) is 45.1. The second-order valence-electron chi connectivity index (χ2n) is 18.1. The Morgan fingerprint density at radius 3 is 2.17 bits per heavy atom. The molecule has 0 radical (unpaired) electrons. The van der Waals surface area contributed by atoms with E-state index in [2.05, 4.69) is 21.0 Å². The lowest BCUT2D eigenvalue weighted by Gasteiger charge is -2.48. The first-order chi connectivity index (χ1) is 27.8. The van der Waals surface area contributed by atoms with E-state index in [0.717, 1.165) is 24.0 Å². The van der Waals surface area contributed by atoms with E-state index in [1.165, 1.54) is 18.9 Å². The van der Waals surface area contributed by atoms with E-state index in [1.807, 2.05) is 45.3 Å². The number of nitrogens with one attached hydrogen (secondary N) is 2. The van der Waals surface area contributed by atoms with Crippen LogP contribution in [0.3, 0.4) is 0 Å². The molecular weight excluding hydrogens is 768 g/mol. The monoisotopic (exact) mass is 845 g/mol. The van der Waals surface area contributed by atoms with E-state index in [0.29, 0.717) is 18.9 Å². The third kappa shape index (κ3) is 13.3. The highest BCUT2D eigenvalue weighted by Gasteiger charge is 2.53. The van der Waals surface area contributed by atoms with Gasteiger partial charge in [0.1, 0.15) is 48.9 Å². The lowest BCUT2D eigenvalue weighted by Crippen LogP contribution is -3.14. The third-order valence-corrected chi connectivity index (χ3v) is 12.6. The van der Waals surface area contributed by atoms with Crippen molar-refractivity contribution in [2.45, 2.75) is 190 Å². The molecule has 3 fully saturated rings. The fourth-order valence-electron chi connectivity index (χ4n) is 9.29. The van der Waals surface area contributed by atoms with Gasteiger partial charge in [0.2, 0.25) is 0 Å². The van der Waals surface area contributed by atoms with Gasteiger partial charge < -0.3 is 72.9 Å². The van der Waals surface area contributed by atoms with Crippen LogP contribution in [0, 0.1) is 11.8 Å². The molecule has 0 aromatic carbocycles. The largest absolute Gasteiger partial charge is 0.462 e. The zero-order chi connectivity index (χ0) is 43.8. The average molecular weight is 845 g/mol. The number of ether oxygens (including phenoxy) is 8. The summed E-state index contributed by atoms with van der Waals surface area (Å²) < 4.78 is 50.1. The quantitative estimate of drug-likeness (QED) is 0.115. The Kier molecular flexibility index (Phi) is 18.9. The second kappa shape index (κ2) is 22.5. The molecule has 0 aromatic heterocycles. The van der Waals surface area contributed by atoms with Crippen LogP contribution in [0.1, 0.15) is 86.5 Å². The number of carbonyl (C=O) groups excluding carboxylic acids is 2. The summed E-state index contributed by atoms with van der Waals surface area (Å²) >= 11 is 0. The molecule has 4 aliphatic heterocycles. The van der Waals surface area contributed by atoms with Gasteiger partial charge in [-0.25, -0.2) is 0 Å². The van der Waals surface area contributed by atoms with Crippen molar-refractivity contribution in [3.63, 3.8) is 0 Å². The number of hydrogen-bond acceptors (Lipinski definition) is 14. The predicted octanol–water partition coefficient (Wildman–Crippen LogP) is -0.509. The van der Waals surface area contributed by atoms with Crippen LogP contribution < -0.4 is 9.80 Å². The molecule has 12 unspecified atom stereocenters. The number of aldehydes is 1. The Morgan fingerprint density at radius 1 is 0.864 bits per heavy atom. The van der Waals surface area contributed by atoms with Crippen LogP contribution in [-0.2, 0) is 47.5 Å². The van der Waals surface area contributed by atoms with Gasteiger partial charge in [-0.3, -0.25) is 4.79 Å². The van der Waals surface area contributed by atoms with Crippen LogP contribution in [0.2, 0.25) is 0 Å². The third-order valence-electron chi connectivity index (χ3n) is 12.6. The smallest absolute Gasteiger partial charge is 0.308 e. The van der Waals surface area contributed by atoms with E-state index in [9.17, 15) is 30.0 Å². The van der Waals surface area contributed by atoms with Crippen LogP contribution in [0.4, 0.5) is 0 Å². The molecule has 16 heteroatoms. The summed E-state index contributed by atoms with van der Waals surface area (Å²) in [6.07, 6.45) is -1.19. The van der Waals surface area contributed by atoms with Crippen molar-refractivity contribution in [2.24, 2.45) is 11.8 Å². The van der Waals surface area contributed by atoms with Crippen molar-refractivity contribution < 1.29 is 77.7 Å². The molecule has 0 spiro atoms. The molecule has 0 amide bonds. The van der Waals surface area contributed by atoms with Crippen LogP contribution in [0.5, 0.6) is 0 Å². The summed E-state index contributed by atoms with van der Waals surface area (Å²) in [5.74, 6) is -1.44. The Balaban J connectivity index is 1.66. The number of aliphatic hydroxyl groups is 4. The number of likely N-dealkylation sites (N-methyl/N-ethyl adjacent to an activating group) is 2. The maximum atomic E-state index is 13.1. The molecule has 0 aromatic rings. The number of methoxy groups -OCH3 is 1. The van der Waals surface area contributed by atoms with E-state index >= 15 is 0 Å². The van der Waals surface area contributed by atoms with Gasteiger partial charge in [0.15, 0.2) is 25.0 Å². The lowest BCUT2D eigenvalue weighted by atomic mass is 9.82. The summed E-state index contributed by atoms with van der Waals surface area (Å²) in [4.78, 5) is 27.7. The van der Waals surface area contributed by atoms with Gasteiger partial charge in [0, 0.05) is 39.2 Å². The molecule has 59 heavy (non-hydrogen) atoms. The molecule has 4 rings (SSSR count). The Bertz CT molecular complexity index is 1370. The van der Waals surface area contributed by atoms with Gasteiger partial charge in [0.25, 0.3) is 0 Å². The fourth-order valence-corrected chi connectivity index (χ4v) is 9.29. The number of hydrogen-bond donors (Lipinski definition) is 6. The first-order valence-corrected chi connectivity index (χ1v) is 21.6. The maximum absolute atomic E-state index is 13.1. The molecule has 16 nitrogen and oxygen atoms in total. The number of quaternary nitrogens is 2. The van der Waals surface area contributed by atoms with Crippen LogP contribution >= 0.6 is 0 Å². The van der Waals surface area contributed by atoms with Crippen molar-refractivity contribution >= 4 is 12.3 Å². The van der Waals surface area contributed by atoms with Gasteiger partial charge in [-0.1, -0.05) is 31.2 Å². The minimum Gasteiger partial charge on any atom is -0.462 e. The van der Waals surface area contributed by atoms with Gasteiger partial charge in [-0.15, -0.1) is 0 Å². The zero-order valence-electron chi connectivity index (χ0n) is 37.1. The average Bonchev–Trinajstić information content (AvgIpc) is 3.13. The van der Waals surface area contributed by atoms with Gasteiger partial charge in [0.05, 0.1) is 70.7 Å². The number of cyclic esters (lactones) is 1. The van der Waals surface area contributed by atoms with Crippen molar-refractivity contribution in [1.82, 2.24) is 0 Å². The molecule has 0 saturated carbocycles. The predicted molar refractivity (Wildman–Crippen MR) is 215 cm³/mol. The minimum absolute atomic E-state index is 0.000888. The Hall–Kier alpha value is -1.90. The molecule has 3 saturated heterocycles. The van der Waals surface area contributed by atoms with Crippen molar-refractivity contribution in [1.29, 1.82) is 0 Å². The first kappa shape index (κ1) is 49.8. The summed E-state index contributed by atoms with van der Waals surface area (Å²) in [6.45, 7) is 10.8. The van der Waals surface area contributed by atoms with Crippen LogP contribution in [0.15, 0.2) is 24.3 Å². The van der Waals surface area contributed by atoms with E-state index in [1.54, 1.807) is 20.8 Å². The van der Waals surface area contributed by atoms with E-state index in [-0.39, 0.29) is 24.9 Å². The highest BCUT2D eigenvalue weighted by Crippen LogP contribution is 2.36. The SMILES string of the molecule is CO[C@@H]1[C@@H](OC2OC(C)C(OC3CC(C)(O)C(O)C(C)O3)C([NH+](C)C)C2O)[C@@H](CC=O)C[C@@H](C)[C@@H](OC2CCC([NH+](C)C)C(C)O2)/C=C/C=C/C[C@@H](C)OC(=O)C[C@H]1O. The first-order valence-electron chi connectivity index (χ1n) is 21.6. The summed E-state index contributed by atoms with van der Waals surface area (Å²) in [7, 11) is 9.38. The van der Waals surface area contributed by atoms with Gasteiger partial charge in [-0.2, -0.15) is 0 Å². The number of carbonyl (C=O) groups is 2. The second-order valence-corrected chi connectivity index (χ2v) is 18.1. The normalized spacial score (nSPS) is 45.8. The molecule has 0 aliphatic carbocycles. The van der Waals surface area contributed by atoms with Crippen LogP contribution in [-0.4, -0.2) is 172 Å². The van der Waals surface area contributed by atoms with Crippen molar-refractivity contribution in [2.75, 3.05) is 35.3 Å². The maximum Gasteiger partial charge on any atom is 0.308 e. The topological polar surface area (TPSA) is 198 Å². The highest BCUT2D eigenvalue weighted by molar-refractivity contribution is 5.70. The number of rotatable bonds is 11. The molecule has 6 N–H and O–H groups in total. The Labute approximate surface area is 351 Å². The number of esters is 1. The minimum atomic E-state index is -1.46. The highest BCUT2D eigenvalue weighted by atomic mass is 16.7. The lowest BCUT2D eigenvalue weighted by molar-refractivity contribution is -0.898. The summed E-state index contributed by atoms with van der Waals surface area (Å²) in [5.41, 5.74) is -1.46. The van der Waals surface area contributed by atoms with Crippen LogP contribution in [0.25, 0.3) is 0 Å². The van der Waals surface area contributed by atoms with E-state index in [4.69, 9.17) is 37.9 Å². The summed E-state index contributed by atoms with van der Waals surface area (Å²) in [6, 6.07) is -0.296. The molecular formula is C43H76N2O14+2. The van der Waals surface area contributed by atoms with Crippen molar-refractivity contribution in [3.05, 3.63) is 24.3 Å². The molecule has 340 valence electrons. The molecule has 4 heterocycles. The molecule has 4 aliphatic rings. The zero-order valence-corrected chi connectivity index (χ0v) is 37.1. The molecule has 19 atom stereocenters. The Morgan fingerprint density at radius 2 is 1.56 bits per heavy atom. The molecule has 0 bridgehead atoms. The van der Waals surface area contributed by atoms with Gasteiger partial charge >= 0.3 is 5.97 Å². The standard InChI is InChI=1S/C43H74N2O14/c1-24-21-29(19-20-46)39(59-42-37(49)36(45(9)10)38(27(4)56-42)58-35-23-43(6,51)41(50)28(5)55-35)40(52-11)31(47)22-33(48)53-25(2)15-13-12-14-16-32(24)57-34-18-17-30(44(7)8)26(3)54-34/h12-14,16,20,24-32,34-42,47,49-51H,15,17-19,21-23H2,1-11H3/p+2/b13-12+,16-14+/t24-,25-,26?,27?,28?,29+,30?,31-,32+,34?,35?,36?,37?,38?,39+,40+,41?,42?,43?/m1/s1. The number of allylic oxidation sites excluding steroid dienone is 2. The van der Waals surface area contributed by atoms with Crippen molar-refractivity contribution in [3.8, 4) is 0 Å².